The highest BCUT2D eigenvalue weighted by Crippen LogP contribution is 2.29. The van der Waals surface area contributed by atoms with Crippen LogP contribution in [-0.2, 0) is 4.79 Å². The molecule has 0 heterocycles. The molecule has 5 heteroatoms. The first kappa shape index (κ1) is 21.5. The van der Waals surface area contributed by atoms with Gasteiger partial charge < -0.3 is 15.4 Å². The van der Waals surface area contributed by atoms with Crippen molar-refractivity contribution in [3.05, 3.63) is 59.7 Å². The van der Waals surface area contributed by atoms with Gasteiger partial charge in [-0.2, -0.15) is 0 Å². The van der Waals surface area contributed by atoms with Crippen molar-refractivity contribution in [2.45, 2.75) is 52.6 Å². The molecule has 150 valence electrons. The molecule has 2 unspecified atom stereocenters. The topological polar surface area (TPSA) is 67.4 Å². The van der Waals surface area contributed by atoms with Crippen LogP contribution < -0.4 is 15.4 Å². The van der Waals surface area contributed by atoms with Crippen molar-refractivity contribution in [1.82, 2.24) is 5.32 Å². The van der Waals surface area contributed by atoms with Gasteiger partial charge in [-0.3, -0.25) is 9.59 Å². The molecule has 0 saturated carbocycles. The highest BCUT2D eigenvalue weighted by molar-refractivity contribution is 5.96. The predicted octanol–water partition coefficient (Wildman–Crippen LogP) is 4.75. The number of hydrogen-bond acceptors (Lipinski definition) is 3. The molecule has 2 N–H and O–H groups in total. The van der Waals surface area contributed by atoms with Crippen LogP contribution in [-0.4, -0.2) is 24.5 Å². The number of anilines is 1. The van der Waals surface area contributed by atoms with Crippen LogP contribution in [0.2, 0.25) is 0 Å². The van der Waals surface area contributed by atoms with Gasteiger partial charge in [0.25, 0.3) is 11.8 Å². The van der Waals surface area contributed by atoms with E-state index in [0.29, 0.717) is 23.7 Å². The molecular weight excluding hydrogens is 352 g/mol. The van der Waals surface area contributed by atoms with E-state index in [-0.39, 0.29) is 11.8 Å². The van der Waals surface area contributed by atoms with Crippen LogP contribution >= 0.6 is 0 Å². The second kappa shape index (κ2) is 10.5. The largest absolute Gasteiger partial charge is 0.481 e. The van der Waals surface area contributed by atoms with Gasteiger partial charge in [-0.1, -0.05) is 39.0 Å². The van der Waals surface area contributed by atoms with E-state index in [1.54, 1.807) is 31.2 Å². The third kappa shape index (κ3) is 5.84. The molecule has 2 aromatic carbocycles. The van der Waals surface area contributed by atoms with E-state index in [0.717, 1.165) is 24.2 Å². The molecule has 2 rings (SSSR count). The van der Waals surface area contributed by atoms with Gasteiger partial charge in [0.1, 0.15) is 5.75 Å². The summed E-state index contributed by atoms with van der Waals surface area (Å²) in [6.07, 6.45) is 1.24. The van der Waals surface area contributed by atoms with E-state index >= 15 is 0 Å². The quantitative estimate of drug-likeness (QED) is 0.658. The zero-order valence-electron chi connectivity index (χ0n) is 17.1. The van der Waals surface area contributed by atoms with Crippen LogP contribution in [0.5, 0.6) is 5.75 Å². The fourth-order valence-electron chi connectivity index (χ4n) is 2.75. The Morgan fingerprint density at radius 2 is 1.68 bits per heavy atom. The molecule has 0 radical (unpaired) electrons. The van der Waals surface area contributed by atoms with E-state index in [2.05, 4.69) is 24.5 Å². The zero-order chi connectivity index (χ0) is 20.5. The summed E-state index contributed by atoms with van der Waals surface area (Å²) in [6, 6.07) is 14.7. The minimum atomic E-state index is -0.641. The fourth-order valence-corrected chi connectivity index (χ4v) is 2.75. The molecule has 0 fully saturated rings. The molecule has 0 aliphatic carbocycles. The van der Waals surface area contributed by atoms with Gasteiger partial charge >= 0.3 is 0 Å². The van der Waals surface area contributed by atoms with Crippen LogP contribution in [0.25, 0.3) is 0 Å². The maximum Gasteiger partial charge on any atom is 0.265 e. The lowest BCUT2D eigenvalue weighted by Gasteiger charge is -2.19. The van der Waals surface area contributed by atoms with E-state index < -0.39 is 6.10 Å². The minimum absolute atomic E-state index is 0.113. The monoisotopic (exact) mass is 382 g/mol. The average molecular weight is 383 g/mol. The number of amides is 2. The zero-order valence-corrected chi connectivity index (χ0v) is 17.1. The Morgan fingerprint density at radius 3 is 2.32 bits per heavy atom. The summed E-state index contributed by atoms with van der Waals surface area (Å²) in [6.45, 7) is 8.65. The Bertz CT molecular complexity index is 787. The van der Waals surface area contributed by atoms with Gasteiger partial charge in [0.15, 0.2) is 6.10 Å². The maximum absolute atomic E-state index is 12.5. The summed E-state index contributed by atoms with van der Waals surface area (Å²) in [5, 5.41) is 5.67. The van der Waals surface area contributed by atoms with Crippen LogP contribution in [0.4, 0.5) is 5.69 Å². The number of carbonyl (C=O) groups is 2. The van der Waals surface area contributed by atoms with Gasteiger partial charge in [-0.05, 0) is 61.6 Å². The molecular formula is C23H30N2O3. The first-order chi connectivity index (χ1) is 13.5. The maximum atomic E-state index is 12.5. The second-order valence-electron chi connectivity index (χ2n) is 6.93. The number of carbonyl (C=O) groups excluding carboxylic acids is 2. The van der Waals surface area contributed by atoms with E-state index in [9.17, 15) is 9.59 Å². The van der Waals surface area contributed by atoms with Crippen LogP contribution in [0.3, 0.4) is 0 Å². The normalized spacial score (nSPS) is 12.7. The predicted molar refractivity (Wildman–Crippen MR) is 113 cm³/mol. The summed E-state index contributed by atoms with van der Waals surface area (Å²) in [7, 11) is 0. The second-order valence-corrected chi connectivity index (χ2v) is 6.93. The van der Waals surface area contributed by atoms with Crippen molar-refractivity contribution in [2.24, 2.45) is 0 Å². The van der Waals surface area contributed by atoms with E-state index in [4.69, 9.17) is 4.74 Å². The average Bonchev–Trinajstić information content (AvgIpc) is 2.72. The van der Waals surface area contributed by atoms with Crippen molar-refractivity contribution >= 4 is 17.5 Å². The number of ether oxygens (including phenoxy) is 1. The van der Waals surface area contributed by atoms with Crippen molar-refractivity contribution in [3.8, 4) is 5.75 Å². The van der Waals surface area contributed by atoms with E-state index in [1.807, 2.05) is 31.2 Å². The SMILES string of the molecule is CCCNC(=O)c1ccc(NC(=O)C(C)Oc2ccccc2C(C)CC)cc1. The molecule has 0 bridgehead atoms. The van der Waals surface area contributed by atoms with Gasteiger partial charge in [0.2, 0.25) is 0 Å². The number of nitrogens with one attached hydrogen (secondary N) is 2. The van der Waals surface area contributed by atoms with Crippen LogP contribution in [0, 0.1) is 0 Å². The number of benzene rings is 2. The number of rotatable bonds is 9. The Labute approximate surface area is 167 Å². The highest BCUT2D eigenvalue weighted by Gasteiger charge is 2.18. The molecule has 2 atom stereocenters. The number of para-hydroxylation sites is 1. The minimum Gasteiger partial charge on any atom is -0.481 e. The van der Waals surface area contributed by atoms with Gasteiger partial charge in [0.05, 0.1) is 0 Å². The lowest BCUT2D eigenvalue weighted by atomic mass is 9.98. The molecule has 0 aliphatic rings. The van der Waals surface area contributed by atoms with E-state index in [1.165, 1.54) is 0 Å². The van der Waals surface area contributed by atoms with Crippen molar-refractivity contribution < 1.29 is 14.3 Å². The Morgan fingerprint density at radius 1 is 1.00 bits per heavy atom. The van der Waals surface area contributed by atoms with Crippen molar-refractivity contribution in [1.29, 1.82) is 0 Å². The van der Waals surface area contributed by atoms with Crippen molar-refractivity contribution in [3.63, 3.8) is 0 Å². The summed E-state index contributed by atoms with van der Waals surface area (Å²) in [4.78, 5) is 24.5. The molecule has 28 heavy (non-hydrogen) atoms. The van der Waals surface area contributed by atoms with Gasteiger partial charge in [0, 0.05) is 17.8 Å². The summed E-state index contributed by atoms with van der Waals surface area (Å²) < 4.78 is 5.93. The van der Waals surface area contributed by atoms with Crippen LogP contribution in [0.1, 0.15) is 62.4 Å². The van der Waals surface area contributed by atoms with Gasteiger partial charge in [-0.25, -0.2) is 0 Å². The Kier molecular flexibility index (Phi) is 8.05. The van der Waals surface area contributed by atoms with Gasteiger partial charge in [-0.15, -0.1) is 0 Å². The fraction of sp³-hybridized carbons (Fsp3) is 0.391. The molecule has 0 saturated heterocycles. The third-order valence-corrected chi connectivity index (χ3v) is 4.69. The third-order valence-electron chi connectivity index (χ3n) is 4.69. The smallest absolute Gasteiger partial charge is 0.265 e. The lowest BCUT2D eigenvalue weighted by Crippen LogP contribution is -2.30. The summed E-state index contributed by atoms with van der Waals surface area (Å²) in [5.41, 5.74) is 2.30. The standard InChI is InChI=1S/C23H30N2O3/c1-5-15-24-23(27)18-11-13-19(14-12-18)25-22(26)17(4)28-21-10-8-7-9-20(21)16(3)6-2/h7-14,16-17H,5-6,15H2,1-4H3,(H,24,27)(H,25,26). The molecule has 0 spiro atoms. The molecule has 2 amide bonds. The molecule has 0 aliphatic heterocycles. The lowest BCUT2D eigenvalue weighted by molar-refractivity contribution is -0.122. The van der Waals surface area contributed by atoms with Crippen LogP contribution in [0.15, 0.2) is 48.5 Å². The summed E-state index contributed by atoms with van der Waals surface area (Å²) >= 11 is 0. The first-order valence-corrected chi connectivity index (χ1v) is 9.90. The molecule has 2 aromatic rings. The molecule has 0 aromatic heterocycles. The summed E-state index contributed by atoms with van der Waals surface area (Å²) in [5.74, 6) is 0.750. The molecule has 5 nitrogen and oxygen atoms in total. The first-order valence-electron chi connectivity index (χ1n) is 9.90. The Hall–Kier alpha value is -2.82. The van der Waals surface area contributed by atoms with Crippen molar-refractivity contribution in [2.75, 3.05) is 11.9 Å². The highest BCUT2D eigenvalue weighted by atomic mass is 16.5. The number of hydrogen-bond donors (Lipinski definition) is 2. The Balaban J connectivity index is 1.98.